The summed E-state index contributed by atoms with van der Waals surface area (Å²) in [5, 5.41) is 3.95. The number of likely N-dealkylation sites (tertiary alicyclic amines) is 1. The Hall–Kier alpha value is -1.62. The van der Waals surface area contributed by atoms with Crippen LogP contribution in [0.15, 0.2) is 16.2 Å². The molecule has 1 saturated heterocycles. The van der Waals surface area contributed by atoms with E-state index in [4.69, 9.17) is 9.26 Å². The van der Waals surface area contributed by atoms with Crippen LogP contribution in [0.4, 0.5) is 0 Å². The molecule has 0 bridgehead atoms. The molecule has 0 saturated carbocycles. The molecule has 1 fully saturated rings. The molecule has 0 unspecified atom stereocenters. The Labute approximate surface area is 137 Å². The van der Waals surface area contributed by atoms with Gasteiger partial charge < -0.3 is 14.2 Å². The molecule has 0 N–H and O–H groups in total. The summed E-state index contributed by atoms with van der Waals surface area (Å²) in [5.41, 5.74) is 3.25. The first-order valence-electron chi connectivity index (χ1n) is 8.51. The standard InChI is InChI=1S/C18H26N2O3/c1-13-6-11-22-18(12-13)7-9-20(10-8-18)17(21)5-4-16-14(2)19-23-15(16)3/h12H,4-11H2,1-3H3. The second kappa shape index (κ2) is 6.48. The van der Waals surface area contributed by atoms with Crippen LogP contribution in [0.25, 0.3) is 0 Å². The van der Waals surface area contributed by atoms with Crippen molar-refractivity contribution in [2.24, 2.45) is 0 Å². The lowest BCUT2D eigenvalue weighted by Gasteiger charge is -2.42. The molecule has 0 aliphatic carbocycles. The molecule has 5 nitrogen and oxygen atoms in total. The third kappa shape index (κ3) is 3.50. The molecule has 0 atom stereocenters. The molecule has 3 rings (SSSR count). The van der Waals surface area contributed by atoms with E-state index in [9.17, 15) is 4.79 Å². The SMILES string of the molecule is CC1=CC2(CCN(C(=O)CCc3c(C)noc3C)CC2)OCC1. The molecule has 126 valence electrons. The van der Waals surface area contributed by atoms with Crippen LogP contribution < -0.4 is 0 Å². The zero-order chi connectivity index (χ0) is 16.4. The fraction of sp³-hybridized carbons (Fsp3) is 0.667. The van der Waals surface area contributed by atoms with E-state index in [-0.39, 0.29) is 11.5 Å². The van der Waals surface area contributed by atoms with E-state index in [2.05, 4.69) is 18.2 Å². The lowest BCUT2D eigenvalue weighted by molar-refractivity contribution is -0.136. The molecule has 1 aromatic rings. The summed E-state index contributed by atoms with van der Waals surface area (Å²) in [6.45, 7) is 8.37. The summed E-state index contributed by atoms with van der Waals surface area (Å²) in [6.07, 6.45) is 6.34. The molecule has 2 aliphatic heterocycles. The average molecular weight is 318 g/mol. The minimum Gasteiger partial charge on any atom is -0.370 e. The zero-order valence-electron chi connectivity index (χ0n) is 14.4. The molecule has 5 heteroatoms. The number of hydrogen-bond donors (Lipinski definition) is 0. The normalized spacial score (nSPS) is 20.7. The summed E-state index contributed by atoms with van der Waals surface area (Å²) in [6, 6.07) is 0. The van der Waals surface area contributed by atoms with Gasteiger partial charge in [0.25, 0.3) is 0 Å². The number of rotatable bonds is 3. The monoisotopic (exact) mass is 318 g/mol. The fourth-order valence-corrected chi connectivity index (χ4v) is 3.65. The summed E-state index contributed by atoms with van der Waals surface area (Å²) >= 11 is 0. The fourth-order valence-electron chi connectivity index (χ4n) is 3.65. The highest BCUT2D eigenvalue weighted by molar-refractivity contribution is 5.76. The number of hydrogen-bond acceptors (Lipinski definition) is 4. The molecule has 1 aromatic heterocycles. The highest BCUT2D eigenvalue weighted by Gasteiger charge is 2.36. The quantitative estimate of drug-likeness (QED) is 0.804. The number of piperidine rings is 1. The zero-order valence-corrected chi connectivity index (χ0v) is 14.4. The Morgan fingerprint density at radius 3 is 2.65 bits per heavy atom. The van der Waals surface area contributed by atoms with Gasteiger partial charge in [-0.05, 0) is 46.5 Å². The second-order valence-electron chi connectivity index (χ2n) is 6.84. The Bertz CT molecular complexity index is 590. The van der Waals surface area contributed by atoms with Crippen LogP contribution in [0.5, 0.6) is 0 Å². The third-order valence-electron chi connectivity index (χ3n) is 5.13. The molecule has 0 radical (unpaired) electrons. The van der Waals surface area contributed by atoms with Gasteiger partial charge in [-0.1, -0.05) is 16.8 Å². The first-order valence-corrected chi connectivity index (χ1v) is 8.51. The van der Waals surface area contributed by atoms with Crippen molar-refractivity contribution in [3.05, 3.63) is 28.7 Å². The van der Waals surface area contributed by atoms with Crippen molar-refractivity contribution in [3.63, 3.8) is 0 Å². The summed E-state index contributed by atoms with van der Waals surface area (Å²) in [7, 11) is 0. The molecule has 23 heavy (non-hydrogen) atoms. The van der Waals surface area contributed by atoms with Gasteiger partial charge in [-0.2, -0.15) is 0 Å². The van der Waals surface area contributed by atoms with Crippen molar-refractivity contribution in [3.8, 4) is 0 Å². The first-order chi connectivity index (χ1) is 11.0. The number of aryl methyl sites for hydroxylation is 2. The Morgan fingerprint density at radius 1 is 1.30 bits per heavy atom. The van der Waals surface area contributed by atoms with E-state index in [0.717, 1.165) is 56.0 Å². The number of nitrogens with zero attached hydrogens (tertiary/aromatic N) is 2. The molecule has 0 aromatic carbocycles. The maximum atomic E-state index is 12.5. The van der Waals surface area contributed by atoms with Crippen molar-refractivity contribution in [1.29, 1.82) is 0 Å². The van der Waals surface area contributed by atoms with Gasteiger partial charge in [0.15, 0.2) is 0 Å². The molecular formula is C18H26N2O3. The van der Waals surface area contributed by atoms with Crippen LogP contribution >= 0.6 is 0 Å². The summed E-state index contributed by atoms with van der Waals surface area (Å²) < 4.78 is 11.2. The van der Waals surface area contributed by atoms with Crippen LogP contribution in [0.1, 0.15) is 49.6 Å². The van der Waals surface area contributed by atoms with Crippen LogP contribution in [0.3, 0.4) is 0 Å². The van der Waals surface area contributed by atoms with Crippen molar-refractivity contribution >= 4 is 5.91 Å². The predicted molar refractivity (Wildman–Crippen MR) is 87.2 cm³/mol. The van der Waals surface area contributed by atoms with Crippen molar-refractivity contribution in [2.75, 3.05) is 19.7 Å². The van der Waals surface area contributed by atoms with Crippen LogP contribution in [0, 0.1) is 13.8 Å². The second-order valence-corrected chi connectivity index (χ2v) is 6.84. The average Bonchev–Trinajstić information content (AvgIpc) is 2.84. The first kappa shape index (κ1) is 16.2. The van der Waals surface area contributed by atoms with E-state index in [1.54, 1.807) is 0 Å². The Balaban J connectivity index is 1.53. The van der Waals surface area contributed by atoms with Gasteiger partial charge >= 0.3 is 0 Å². The topological polar surface area (TPSA) is 55.6 Å². The molecule has 1 spiro atoms. The Morgan fingerprint density at radius 2 is 2.04 bits per heavy atom. The van der Waals surface area contributed by atoms with Crippen LogP contribution in [0.2, 0.25) is 0 Å². The van der Waals surface area contributed by atoms with Crippen molar-refractivity contribution in [1.82, 2.24) is 10.1 Å². The summed E-state index contributed by atoms with van der Waals surface area (Å²) in [4.78, 5) is 14.4. The van der Waals surface area contributed by atoms with E-state index < -0.39 is 0 Å². The van der Waals surface area contributed by atoms with E-state index >= 15 is 0 Å². The van der Waals surface area contributed by atoms with Crippen molar-refractivity contribution in [2.45, 2.75) is 58.5 Å². The van der Waals surface area contributed by atoms with Crippen LogP contribution in [-0.2, 0) is 16.0 Å². The van der Waals surface area contributed by atoms with E-state index in [1.165, 1.54) is 5.57 Å². The van der Waals surface area contributed by atoms with Crippen LogP contribution in [-0.4, -0.2) is 41.3 Å². The molecule has 1 amide bonds. The number of amides is 1. The molecular weight excluding hydrogens is 292 g/mol. The highest BCUT2D eigenvalue weighted by Crippen LogP contribution is 2.33. The molecule has 2 aliphatic rings. The number of carbonyl (C=O) groups is 1. The van der Waals surface area contributed by atoms with Gasteiger partial charge in [-0.15, -0.1) is 0 Å². The smallest absolute Gasteiger partial charge is 0.222 e. The maximum Gasteiger partial charge on any atom is 0.222 e. The van der Waals surface area contributed by atoms with Gasteiger partial charge in [0.05, 0.1) is 17.9 Å². The van der Waals surface area contributed by atoms with Gasteiger partial charge in [0.1, 0.15) is 5.76 Å². The van der Waals surface area contributed by atoms with E-state index in [0.29, 0.717) is 12.8 Å². The van der Waals surface area contributed by atoms with Gasteiger partial charge in [-0.25, -0.2) is 0 Å². The van der Waals surface area contributed by atoms with Gasteiger partial charge in [0.2, 0.25) is 5.91 Å². The largest absolute Gasteiger partial charge is 0.370 e. The highest BCUT2D eigenvalue weighted by atomic mass is 16.5. The molecule has 3 heterocycles. The van der Waals surface area contributed by atoms with E-state index in [1.807, 2.05) is 18.7 Å². The lowest BCUT2D eigenvalue weighted by Crippen LogP contribution is -2.48. The number of ether oxygens (including phenoxy) is 1. The van der Waals surface area contributed by atoms with Crippen molar-refractivity contribution < 1.29 is 14.1 Å². The third-order valence-corrected chi connectivity index (χ3v) is 5.13. The summed E-state index contributed by atoms with van der Waals surface area (Å²) in [5.74, 6) is 1.04. The minimum atomic E-state index is -0.124. The minimum absolute atomic E-state index is 0.124. The number of aromatic nitrogens is 1. The Kier molecular flexibility index (Phi) is 4.57. The van der Waals surface area contributed by atoms with Gasteiger partial charge in [0, 0.05) is 25.1 Å². The lowest BCUT2D eigenvalue weighted by atomic mass is 9.87. The number of carbonyl (C=O) groups excluding carboxylic acids is 1. The predicted octanol–water partition coefficient (Wildman–Crippen LogP) is 2.95. The van der Waals surface area contributed by atoms with Gasteiger partial charge in [-0.3, -0.25) is 4.79 Å². The maximum absolute atomic E-state index is 12.5.